The molecule has 0 saturated carbocycles. The number of para-hydroxylation sites is 1. The Labute approximate surface area is 199 Å². The van der Waals surface area contributed by atoms with Gasteiger partial charge in [0.25, 0.3) is 0 Å². The van der Waals surface area contributed by atoms with Crippen LogP contribution in [0.1, 0.15) is 12.5 Å². The van der Waals surface area contributed by atoms with Crippen molar-refractivity contribution < 1.29 is 4.79 Å². The Balaban J connectivity index is 1.65. The molecule has 0 fully saturated rings. The highest BCUT2D eigenvalue weighted by Gasteiger charge is 2.23. The molecule has 162 valence electrons. The summed E-state index contributed by atoms with van der Waals surface area (Å²) < 4.78 is 1.95. The molecule has 0 spiro atoms. The lowest BCUT2D eigenvalue weighted by Crippen LogP contribution is -2.23. The largest absolute Gasteiger partial charge is 0.308 e. The van der Waals surface area contributed by atoms with Crippen molar-refractivity contribution in [2.45, 2.75) is 24.3 Å². The zero-order chi connectivity index (χ0) is 22.7. The van der Waals surface area contributed by atoms with Gasteiger partial charge in [-0.15, -0.1) is 10.2 Å². The number of pyridine rings is 2. The van der Waals surface area contributed by atoms with Crippen LogP contribution in [0.3, 0.4) is 0 Å². The first-order chi connectivity index (χ1) is 15.4. The van der Waals surface area contributed by atoms with Crippen LogP contribution in [-0.4, -0.2) is 35.9 Å². The van der Waals surface area contributed by atoms with Crippen molar-refractivity contribution in [3.8, 4) is 17.1 Å². The molecule has 0 aliphatic carbocycles. The molecule has 7 nitrogen and oxygen atoms in total. The molecule has 1 N–H and O–H groups in total. The fourth-order valence-corrected chi connectivity index (χ4v) is 4.29. The first-order valence-corrected chi connectivity index (χ1v) is 11.3. The van der Waals surface area contributed by atoms with Crippen LogP contribution in [-0.2, 0) is 4.79 Å². The Morgan fingerprint density at radius 3 is 2.59 bits per heavy atom. The van der Waals surface area contributed by atoms with Gasteiger partial charge in [0, 0.05) is 24.2 Å². The van der Waals surface area contributed by atoms with E-state index in [-0.39, 0.29) is 16.7 Å². The maximum Gasteiger partial charge on any atom is 0.238 e. The smallest absolute Gasteiger partial charge is 0.238 e. The van der Waals surface area contributed by atoms with Gasteiger partial charge < -0.3 is 5.32 Å². The first-order valence-electron chi connectivity index (χ1n) is 9.64. The highest BCUT2D eigenvalue weighted by atomic mass is 35.5. The highest BCUT2D eigenvalue weighted by Crippen LogP contribution is 2.32. The van der Waals surface area contributed by atoms with Crippen LogP contribution in [0.2, 0.25) is 10.0 Å². The van der Waals surface area contributed by atoms with Crippen LogP contribution >= 0.6 is 35.0 Å². The lowest BCUT2D eigenvalue weighted by atomic mass is 10.2. The van der Waals surface area contributed by atoms with Crippen LogP contribution < -0.4 is 5.32 Å². The van der Waals surface area contributed by atoms with Crippen molar-refractivity contribution >= 4 is 46.7 Å². The van der Waals surface area contributed by atoms with Gasteiger partial charge in [-0.1, -0.05) is 53.2 Å². The van der Waals surface area contributed by atoms with E-state index >= 15 is 0 Å². The number of aromatic nitrogens is 5. The number of amides is 1. The van der Waals surface area contributed by atoms with Crippen molar-refractivity contribution in [1.82, 2.24) is 24.7 Å². The van der Waals surface area contributed by atoms with Crippen LogP contribution in [0.4, 0.5) is 5.82 Å². The molecule has 0 radical (unpaired) electrons. The maximum absolute atomic E-state index is 12.8. The molecular weight excluding hydrogens is 467 g/mol. The number of nitrogens with zero attached hydrogens (tertiary/aromatic N) is 5. The molecule has 10 heteroatoms. The first kappa shape index (κ1) is 22.3. The molecule has 3 aromatic heterocycles. The van der Waals surface area contributed by atoms with E-state index in [2.05, 4.69) is 25.5 Å². The third-order valence-corrected chi connectivity index (χ3v) is 6.17. The number of carbonyl (C=O) groups is 1. The van der Waals surface area contributed by atoms with Crippen molar-refractivity contribution in [2.24, 2.45) is 0 Å². The number of halogens is 2. The zero-order valence-corrected chi connectivity index (χ0v) is 19.5. The number of anilines is 1. The summed E-state index contributed by atoms with van der Waals surface area (Å²) in [6.45, 7) is 3.80. The third-order valence-electron chi connectivity index (χ3n) is 4.63. The van der Waals surface area contributed by atoms with Gasteiger partial charge in [0.05, 0.1) is 21.0 Å². The number of hydrogen-bond donors (Lipinski definition) is 1. The zero-order valence-electron chi connectivity index (χ0n) is 17.2. The van der Waals surface area contributed by atoms with Gasteiger partial charge in [0.1, 0.15) is 0 Å². The molecule has 0 saturated heterocycles. The molecule has 3 heterocycles. The van der Waals surface area contributed by atoms with E-state index in [0.29, 0.717) is 16.0 Å². The Bertz CT molecular complexity index is 1260. The summed E-state index contributed by atoms with van der Waals surface area (Å²) in [5.74, 6) is 0.655. The lowest BCUT2D eigenvalue weighted by molar-refractivity contribution is -0.115. The monoisotopic (exact) mass is 484 g/mol. The van der Waals surface area contributed by atoms with Gasteiger partial charge in [0.15, 0.2) is 16.8 Å². The summed E-state index contributed by atoms with van der Waals surface area (Å²) in [5.41, 5.74) is 2.86. The van der Waals surface area contributed by atoms with E-state index in [9.17, 15) is 4.79 Å². The highest BCUT2D eigenvalue weighted by molar-refractivity contribution is 8.00. The minimum absolute atomic E-state index is 0.256. The molecule has 1 atom stereocenters. The van der Waals surface area contributed by atoms with Gasteiger partial charge in [-0.05, 0) is 43.7 Å². The van der Waals surface area contributed by atoms with E-state index in [4.69, 9.17) is 23.2 Å². The van der Waals surface area contributed by atoms with Crippen molar-refractivity contribution in [3.63, 3.8) is 0 Å². The van der Waals surface area contributed by atoms with Crippen molar-refractivity contribution in [2.75, 3.05) is 5.32 Å². The van der Waals surface area contributed by atoms with Crippen LogP contribution in [0.25, 0.3) is 17.1 Å². The fraction of sp³-hybridized carbons (Fsp3) is 0.136. The van der Waals surface area contributed by atoms with Gasteiger partial charge in [-0.25, -0.2) is 4.98 Å². The molecular formula is C22H18Cl2N6OS. The summed E-state index contributed by atoms with van der Waals surface area (Å²) in [6.07, 6.45) is 4.84. The molecule has 4 aromatic rings. The van der Waals surface area contributed by atoms with E-state index in [0.717, 1.165) is 16.8 Å². The number of nitrogens with one attached hydrogen (secondary N) is 1. The fourth-order valence-electron chi connectivity index (χ4n) is 3.00. The van der Waals surface area contributed by atoms with Crippen molar-refractivity contribution in [3.05, 3.63) is 76.7 Å². The maximum atomic E-state index is 12.8. The van der Waals surface area contributed by atoms with Crippen LogP contribution in [0, 0.1) is 6.92 Å². The molecule has 0 bridgehead atoms. The predicted octanol–water partition coefficient (Wildman–Crippen LogP) is 5.46. The lowest BCUT2D eigenvalue weighted by Gasteiger charge is -2.15. The Morgan fingerprint density at radius 1 is 1.12 bits per heavy atom. The van der Waals surface area contributed by atoms with Gasteiger partial charge in [0.2, 0.25) is 5.91 Å². The molecule has 0 aliphatic heterocycles. The Kier molecular flexibility index (Phi) is 6.74. The average Bonchev–Trinajstić information content (AvgIpc) is 3.19. The molecule has 1 amide bonds. The number of hydrogen-bond acceptors (Lipinski definition) is 6. The third kappa shape index (κ3) is 4.77. The summed E-state index contributed by atoms with van der Waals surface area (Å²) in [7, 11) is 0. The van der Waals surface area contributed by atoms with Gasteiger partial charge >= 0.3 is 0 Å². The Hall–Kier alpha value is -2.94. The Morgan fingerprint density at radius 2 is 1.88 bits per heavy atom. The van der Waals surface area contributed by atoms with E-state index in [1.807, 2.05) is 47.9 Å². The minimum Gasteiger partial charge on any atom is -0.308 e. The summed E-state index contributed by atoms with van der Waals surface area (Å²) >= 11 is 13.3. The second-order valence-corrected chi connectivity index (χ2v) is 9.05. The van der Waals surface area contributed by atoms with E-state index < -0.39 is 5.25 Å². The molecule has 4 rings (SSSR count). The second kappa shape index (κ2) is 9.68. The number of rotatable bonds is 6. The quantitative estimate of drug-likeness (QED) is 0.365. The van der Waals surface area contributed by atoms with E-state index in [1.165, 1.54) is 24.0 Å². The molecule has 1 aromatic carbocycles. The predicted molar refractivity (Wildman–Crippen MR) is 128 cm³/mol. The van der Waals surface area contributed by atoms with Gasteiger partial charge in [-0.3, -0.25) is 14.3 Å². The average molecular weight is 485 g/mol. The summed E-state index contributed by atoms with van der Waals surface area (Å²) in [6, 6.07) is 13.2. The van der Waals surface area contributed by atoms with E-state index in [1.54, 1.807) is 19.3 Å². The number of benzene rings is 1. The standard InChI is InChI=1S/C22H18Cl2N6OS/c1-13-5-3-4-6-18(13)30-20(15-7-9-25-10-8-15)28-29-22(30)32-14(2)21(31)27-19-17(24)11-16(23)12-26-19/h3-12,14H,1-2H3,(H,26,27,31). The van der Waals surface area contributed by atoms with Crippen LogP contribution in [0.5, 0.6) is 0 Å². The SMILES string of the molecule is Cc1ccccc1-n1c(SC(C)C(=O)Nc2ncc(Cl)cc2Cl)nnc1-c1ccncc1. The molecule has 0 aliphatic rings. The number of aryl methyl sites for hydroxylation is 1. The molecule has 1 unspecified atom stereocenters. The topological polar surface area (TPSA) is 85.6 Å². The van der Waals surface area contributed by atoms with Crippen molar-refractivity contribution in [1.29, 1.82) is 0 Å². The number of thioether (sulfide) groups is 1. The van der Waals surface area contributed by atoms with Crippen LogP contribution in [0.15, 0.2) is 66.2 Å². The number of carbonyl (C=O) groups excluding carboxylic acids is 1. The second-order valence-electron chi connectivity index (χ2n) is 6.90. The normalized spacial score (nSPS) is 11.9. The summed E-state index contributed by atoms with van der Waals surface area (Å²) in [4.78, 5) is 21.0. The summed E-state index contributed by atoms with van der Waals surface area (Å²) in [5, 5.41) is 12.3. The molecule has 32 heavy (non-hydrogen) atoms. The van der Waals surface area contributed by atoms with Gasteiger partial charge in [-0.2, -0.15) is 0 Å². The minimum atomic E-state index is -0.499.